The Balaban J connectivity index is 1.35. The van der Waals surface area contributed by atoms with Crippen LogP contribution in [0.15, 0.2) is 76.3 Å². The number of aromatic amines is 1. The number of nitrogens with one attached hydrogen (secondary N) is 6. The number of aromatic hydroxyl groups is 2. The van der Waals surface area contributed by atoms with E-state index in [1.54, 1.807) is 30.5 Å². The Bertz CT molecular complexity index is 2230. The minimum Gasteiger partial charge on any atom is -0.508 e. The molecule has 1 aromatic heterocycles. The number of urea groups is 1. The van der Waals surface area contributed by atoms with Gasteiger partial charge in [-0.3, -0.25) is 28.7 Å². The lowest BCUT2D eigenvalue weighted by atomic mass is 9.94. The van der Waals surface area contributed by atoms with Crippen LogP contribution in [0.5, 0.6) is 11.5 Å². The molecular formula is C39H48N8O12S. The number of phenols is 2. The number of phenolic OH excluding ortho intramolecular Hbond substituents is 2. The van der Waals surface area contributed by atoms with Crippen LogP contribution in [0.4, 0.5) is 4.79 Å². The van der Waals surface area contributed by atoms with Crippen molar-refractivity contribution in [1.82, 2.24) is 41.0 Å². The van der Waals surface area contributed by atoms with Crippen LogP contribution in [0.3, 0.4) is 0 Å². The predicted octanol–water partition coefficient (Wildman–Crippen LogP) is -0.652. The molecule has 10 N–H and O–H groups in total. The molecule has 60 heavy (non-hydrogen) atoms. The molecule has 3 heterocycles. The standard InChI is InChI=1S/C39H48N8O12S/c1-20(46(2)35(54)27-16-22-7-5-9-29(49)25(22)19-40-27)32(34(53)41-18-24-17-30(50)36(59-24)47-12-10-31(51)44-39(47)58)45-33(52)26(11-13-60-3)42-38(57)43-28(37(55)56)15-21-6-4-8-23(48)14-21/h4-10,12,14,18,20,26-28,30,32,36,40,48-50H,11,13,15-17,19H2,1-3H3,(H,41,53)(H,45,52)(H,55,56)(H2,42,43,57)(H,44,51,58)/b24-18+/t20?,26-,27?,28?,30?,32+,36?/m0/s1. The summed E-state index contributed by atoms with van der Waals surface area (Å²) < 4.78 is 6.70. The molecule has 2 aliphatic heterocycles. The molecule has 322 valence electrons. The second-order valence-corrected chi connectivity index (χ2v) is 15.3. The Morgan fingerprint density at radius 3 is 2.45 bits per heavy atom. The van der Waals surface area contributed by atoms with Crippen molar-refractivity contribution in [2.45, 2.75) is 81.7 Å². The maximum absolute atomic E-state index is 14.0. The van der Waals surface area contributed by atoms with E-state index in [9.17, 15) is 54.0 Å². The maximum Gasteiger partial charge on any atom is 0.331 e. The highest BCUT2D eigenvalue weighted by Gasteiger charge is 2.38. The van der Waals surface area contributed by atoms with Crippen LogP contribution >= 0.6 is 11.8 Å². The van der Waals surface area contributed by atoms with E-state index in [0.29, 0.717) is 16.9 Å². The first kappa shape index (κ1) is 44.8. The number of H-pyrrole nitrogens is 1. The van der Waals surface area contributed by atoms with Gasteiger partial charge in [-0.1, -0.05) is 24.3 Å². The number of likely N-dealkylation sites (N-methyl/N-ethyl adjacent to an activating group) is 1. The van der Waals surface area contributed by atoms with Gasteiger partial charge in [0.25, 0.3) is 5.56 Å². The third-order valence-electron chi connectivity index (χ3n) is 10.2. The molecule has 0 saturated carbocycles. The first-order valence-electron chi connectivity index (χ1n) is 18.9. The van der Waals surface area contributed by atoms with Crippen LogP contribution in [0.25, 0.3) is 0 Å². The molecule has 0 aliphatic carbocycles. The third kappa shape index (κ3) is 11.2. The summed E-state index contributed by atoms with van der Waals surface area (Å²) in [6.45, 7) is 1.73. The van der Waals surface area contributed by atoms with Gasteiger partial charge in [-0.2, -0.15) is 11.8 Å². The summed E-state index contributed by atoms with van der Waals surface area (Å²) >= 11 is 1.37. The number of aliphatic carboxylic acids is 1. The minimum absolute atomic E-state index is 0.0457. The fraction of sp³-hybridized carbons (Fsp3) is 0.410. The number of thioether (sulfide) groups is 1. The fourth-order valence-corrected chi connectivity index (χ4v) is 7.28. The largest absolute Gasteiger partial charge is 0.508 e. The average molecular weight is 853 g/mol. The molecule has 5 rings (SSSR count). The highest BCUT2D eigenvalue weighted by molar-refractivity contribution is 7.98. The first-order valence-corrected chi connectivity index (χ1v) is 20.3. The van der Waals surface area contributed by atoms with Crippen LogP contribution in [0.1, 0.15) is 42.7 Å². The molecule has 1 fully saturated rings. The van der Waals surface area contributed by atoms with Crippen molar-refractivity contribution in [2.24, 2.45) is 0 Å². The maximum atomic E-state index is 14.0. The van der Waals surface area contributed by atoms with Gasteiger partial charge in [-0.05, 0) is 61.1 Å². The topological polar surface area (TPSA) is 294 Å². The quantitative estimate of drug-likeness (QED) is 0.0857. The van der Waals surface area contributed by atoms with Gasteiger partial charge in [-0.15, -0.1) is 0 Å². The van der Waals surface area contributed by atoms with Crippen LogP contribution in [0, 0.1) is 0 Å². The van der Waals surface area contributed by atoms with Gasteiger partial charge in [0, 0.05) is 50.5 Å². The number of ether oxygens (including phenoxy) is 1. The van der Waals surface area contributed by atoms with E-state index in [4.69, 9.17) is 4.74 Å². The lowest BCUT2D eigenvalue weighted by Gasteiger charge is -2.36. The summed E-state index contributed by atoms with van der Waals surface area (Å²) in [5, 5.41) is 53.7. The van der Waals surface area contributed by atoms with Crippen LogP contribution in [-0.2, 0) is 43.3 Å². The van der Waals surface area contributed by atoms with Crippen LogP contribution in [-0.4, -0.2) is 120 Å². The van der Waals surface area contributed by atoms with Crippen LogP contribution in [0.2, 0.25) is 0 Å². The summed E-state index contributed by atoms with van der Waals surface area (Å²) in [5.41, 5.74) is 0.365. The number of hydrogen-bond acceptors (Lipinski definition) is 13. The van der Waals surface area contributed by atoms with Gasteiger partial charge >= 0.3 is 17.7 Å². The number of aromatic nitrogens is 2. The van der Waals surface area contributed by atoms with Crippen molar-refractivity contribution < 1.29 is 49.1 Å². The number of carboxylic acids is 1. The molecule has 5 unspecified atom stereocenters. The minimum atomic E-state index is -1.48. The van der Waals surface area contributed by atoms with E-state index < -0.39 is 83.5 Å². The van der Waals surface area contributed by atoms with Gasteiger partial charge in [0.05, 0.1) is 12.1 Å². The fourth-order valence-electron chi connectivity index (χ4n) is 6.81. The molecule has 2 aromatic carbocycles. The Morgan fingerprint density at radius 1 is 1.02 bits per heavy atom. The molecular weight excluding hydrogens is 805 g/mol. The van der Waals surface area contributed by atoms with Gasteiger partial charge in [0.15, 0.2) is 0 Å². The van der Waals surface area contributed by atoms with E-state index in [2.05, 4.69) is 31.6 Å². The van der Waals surface area contributed by atoms with Crippen molar-refractivity contribution in [3.63, 3.8) is 0 Å². The second-order valence-electron chi connectivity index (χ2n) is 14.4. The van der Waals surface area contributed by atoms with Gasteiger partial charge in [0.1, 0.15) is 41.5 Å². The monoisotopic (exact) mass is 852 g/mol. The zero-order valence-corrected chi connectivity index (χ0v) is 33.7. The summed E-state index contributed by atoms with van der Waals surface area (Å²) in [6.07, 6.45) is 1.53. The van der Waals surface area contributed by atoms with Gasteiger partial charge < -0.3 is 56.6 Å². The molecule has 0 radical (unpaired) electrons. The smallest absolute Gasteiger partial charge is 0.331 e. The molecule has 2 aliphatic rings. The molecule has 0 spiro atoms. The average Bonchev–Trinajstić information content (AvgIpc) is 3.58. The van der Waals surface area contributed by atoms with Gasteiger partial charge in [0.2, 0.25) is 23.9 Å². The number of nitrogens with zero attached hydrogens (tertiary/aromatic N) is 2. The molecule has 3 aromatic rings. The predicted molar refractivity (Wildman–Crippen MR) is 217 cm³/mol. The van der Waals surface area contributed by atoms with Crippen molar-refractivity contribution in [3.05, 3.63) is 104 Å². The van der Waals surface area contributed by atoms with Gasteiger partial charge in [-0.25, -0.2) is 14.4 Å². The number of aliphatic hydroxyl groups excluding tert-OH is 1. The molecule has 0 bridgehead atoms. The zero-order chi connectivity index (χ0) is 43.7. The molecule has 20 nitrogen and oxygen atoms in total. The zero-order valence-electron chi connectivity index (χ0n) is 32.9. The number of hydrogen-bond donors (Lipinski definition) is 10. The molecule has 7 atom stereocenters. The second kappa shape index (κ2) is 20.1. The lowest BCUT2D eigenvalue weighted by Crippen LogP contribution is -2.62. The highest BCUT2D eigenvalue weighted by Crippen LogP contribution is 2.30. The van der Waals surface area contributed by atoms with E-state index in [1.807, 2.05) is 0 Å². The summed E-state index contributed by atoms with van der Waals surface area (Å²) in [5.74, 6) is -3.05. The Morgan fingerprint density at radius 2 is 1.75 bits per heavy atom. The van der Waals surface area contributed by atoms with Crippen molar-refractivity contribution in [3.8, 4) is 11.5 Å². The van der Waals surface area contributed by atoms with E-state index >= 15 is 0 Å². The third-order valence-corrected chi connectivity index (χ3v) is 10.9. The summed E-state index contributed by atoms with van der Waals surface area (Å²) in [6, 6.07) is 4.97. The Labute approximate surface area is 347 Å². The van der Waals surface area contributed by atoms with E-state index in [-0.39, 0.29) is 49.5 Å². The van der Waals surface area contributed by atoms with E-state index in [0.717, 1.165) is 28.6 Å². The normalized spacial score (nSPS) is 19.7. The van der Waals surface area contributed by atoms with Crippen LogP contribution < -0.4 is 37.8 Å². The first-order chi connectivity index (χ1) is 28.6. The number of fused-ring (bicyclic) bond motifs is 1. The summed E-state index contributed by atoms with van der Waals surface area (Å²) in [4.78, 5) is 94.5. The van der Waals surface area contributed by atoms with Crippen molar-refractivity contribution in [1.29, 1.82) is 0 Å². The molecule has 21 heteroatoms. The number of carboxylic acid groups (broad SMARTS) is 1. The number of amides is 5. The Hall–Kier alpha value is -6.32. The van der Waals surface area contributed by atoms with Crippen molar-refractivity contribution in [2.75, 3.05) is 19.1 Å². The van der Waals surface area contributed by atoms with E-state index in [1.165, 1.54) is 48.8 Å². The SMILES string of the molecule is CSCC[C@H](NC(=O)NC(Cc1cccc(O)c1)C(=O)O)C(=O)N[C@@H](C(=O)N/C=C1\CC(O)C(n2ccc(=O)[nH]c2=O)O1)C(C)N(C)C(=O)C1Cc2cccc(O)c2CN1. The number of rotatable bonds is 16. The number of carbonyl (C=O) groups excluding carboxylic acids is 4. The molecule has 5 amide bonds. The molecule has 1 saturated heterocycles. The number of aliphatic hydroxyl groups is 1. The summed E-state index contributed by atoms with van der Waals surface area (Å²) in [7, 11) is 1.45. The Kier molecular flexibility index (Phi) is 15.0. The van der Waals surface area contributed by atoms with Crippen molar-refractivity contribution >= 4 is 41.5 Å². The highest BCUT2D eigenvalue weighted by atomic mass is 32.2. The number of carbonyl (C=O) groups is 5. The lowest BCUT2D eigenvalue weighted by molar-refractivity contribution is -0.139. The number of benzene rings is 2.